The molecule has 1 amide bonds. The molecule has 1 saturated heterocycles. The molecule has 128 valence electrons. The molecule has 2 aromatic rings. The fourth-order valence-electron chi connectivity index (χ4n) is 3.22. The van der Waals surface area contributed by atoms with Gasteiger partial charge in [0, 0.05) is 30.6 Å². The van der Waals surface area contributed by atoms with Crippen LogP contribution < -0.4 is 0 Å². The third-order valence-corrected chi connectivity index (χ3v) is 4.92. The molecule has 0 saturated carbocycles. The van der Waals surface area contributed by atoms with Gasteiger partial charge in [-0.25, -0.2) is 0 Å². The summed E-state index contributed by atoms with van der Waals surface area (Å²) in [6.07, 6.45) is 4.18. The predicted octanol–water partition coefficient (Wildman–Crippen LogP) is 3.95. The van der Waals surface area contributed by atoms with Crippen LogP contribution in [0.2, 0.25) is 5.02 Å². The van der Waals surface area contributed by atoms with Gasteiger partial charge in [-0.15, -0.1) is 0 Å². The zero-order chi connectivity index (χ0) is 16.9. The molecule has 4 nitrogen and oxygen atoms in total. The molecule has 1 aliphatic heterocycles. The van der Waals surface area contributed by atoms with Crippen molar-refractivity contribution in [1.82, 2.24) is 9.80 Å². The molecule has 1 aliphatic rings. The van der Waals surface area contributed by atoms with Gasteiger partial charge in [0.25, 0.3) is 0 Å². The van der Waals surface area contributed by atoms with Crippen LogP contribution in [0, 0.1) is 0 Å². The molecule has 0 aliphatic carbocycles. The summed E-state index contributed by atoms with van der Waals surface area (Å²) in [5.41, 5.74) is 1.12. The maximum atomic E-state index is 12.4. The summed E-state index contributed by atoms with van der Waals surface area (Å²) in [5, 5.41) is 0.723. The summed E-state index contributed by atoms with van der Waals surface area (Å²) >= 11 is 5.93. The van der Waals surface area contributed by atoms with Gasteiger partial charge in [-0.05, 0) is 49.7 Å². The van der Waals surface area contributed by atoms with E-state index in [0.717, 1.165) is 42.3 Å². The van der Waals surface area contributed by atoms with E-state index in [0.29, 0.717) is 19.0 Å². The third-order valence-electron chi connectivity index (χ3n) is 4.67. The standard InChI is InChI=1S/C19H23ClN2O2/c1-21(14-18-3-2-12-24-18)17-8-9-19(23)22(11-10-17)13-15-4-6-16(20)7-5-15/h2-7,12,17H,8-11,13-14H2,1H3. The van der Waals surface area contributed by atoms with Gasteiger partial charge in [0.15, 0.2) is 0 Å². The molecule has 0 N–H and O–H groups in total. The van der Waals surface area contributed by atoms with Gasteiger partial charge in [-0.1, -0.05) is 23.7 Å². The Morgan fingerprint density at radius 2 is 2.04 bits per heavy atom. The van der Waals surface area contributed by atoms with Crippen LogP contribution in [-0.4, -0.2) is 35.3 Å². The average molecular weight is 347 g/mol. The predicted molar refractivity (Wildman–Crippen MR) is 94.7 cm³/mol. The van der Waals surface area contributed by atoms with Gasteiger partial charge in [0.05, 0.1) is 12.8 Å². The fourth-order valence-corrected chi connectivity index (χ4v) is 3.34. The molecule has 0 bridgehead atoms. The van der Waals surface area contributed by atoms with Crippen LogP contribution in [0.3, 0.4) is 0 Å². The Kier molecular flexibility index (Phi) is 5.59. The summed E-state index contributed by atoms with van der Waals surface area (Å²) in [5.74, 6) is 1.20. The minimum absolute atomic E-state index is 0.235. The quantitative estimate of drug-likeness (QED) is 0.822. The van der Waals surface area contributed by atoms with Crippen molar-refractivity contribution >= 4 is 17.5 Å². The van der Waals surface area contributed by atoms with E-state index in [1.807, 2.05) is 41.3 Å². The lowest BCUT2D eigenvalue weighted by molar-refractivity contribution is -0.131. The Morgan fingerprint density at radius 1 is 1.25 bits per heavy atom. The van der Waals surface area contributed by atoms with E-state index in [4.69, 9.17) is 16.0 Å². The highest BCUT2D eigenvalue weighted by Crippen LogP contribution is 2.21. The normalized spacial score (nSPS) is 18.9. The van der Waals surface area contributed by atoms with Crippen LogP contribution in [0.4, 0.5) is 0 Å². The second kappa shape index (κ2) is 7.86. The number of benzene rings is 1. The first-order chi connectivity index (χ1) is 11.6. The number of carbonyl (C=O) groups is 1. The maximum absolute atomic E-state index is 12.4. The van der Waals surface area contributed by atoms with E-state index < -0.39 is 0 Å². The van der Waals surface area contributed by atoms with E-state index in [1.165, 1.54) is 0 Å². The number of furan rings is 1. The monoisotopic (exact) mass is 346 g/mol. The van der Waals surface area contributed by atoms with Gasteiger partial charge < -0.3 is 9.32 Å². The third kappa shape index (κ3) is 4.40. The van der Waals surface area contributed by atoms with Gasteiger partial charge in [0.2, 0.25) is 5.91 Å². The van der Waals surface area contributed by atoms with E-state index in [-0.39, 0.29) is 5.91 Å². The number of halogens is 1. The Morgan fingerprint density at radius 3 is 2.75 bits per heavy atom. The topological polar surface area (TPSA) is 36.7 Å². The van der Waals surface area contributed by atoms with Crippen molar-refractivity contribution in [1.29, 1.82) is 0 Å². The highest BCUT2D eigenvalue weighted by molar-refractivity contribution is 6.30. The van der Waals surface area contributed by atoms with Crippen molar-refractivity contribution in [2.45, 2.75) is 38.4 Å². The van der Waals surface area contributed by atoms with E-state index in [2.05, 4.69) is 11.9 Å². The van der Waals surface area contributed by atoms with Crippen LogP contribution >= 0.6 is 11.6 Å². The molecule has 1 fully saturated rings. The van der Waals surface area contributed by atoms with Gasteiger partial charge >= 0.3 is 0 Å². The van der Waals surface area contributed by atoms with E-state index in [9.17, 15) is 4.79 Å². The first-order valence-electron chi connectivity index (χ1n) is 8.36. The number of rotatable bonds is 5. The molecule has 0 radical (unpaired) electrons. The number of likely N-dealkylation sites (tertiary alicyclic amines) is 1. The lowest BCUT2D eigenvalue weighted by atomic mass is 10.1. The van der Waals surface area contributed by atoms with Crippen molar-refractivity contribution in [3.63, 3.8) is 0 Å². The van der Waals surface area contributed by atoms with Crippen molar-refractivity contribution in [2.75, 3.05) is 13.6 Å². The number of amides is 1. The lowest BCUT2D eigenvalue weighted by Gasteiger charge is -2.26. The molecule has 5 heteroatoms. The fraction of sp³-hybridized carbons (Fsp3) is 0.421. The van der Waals surface area contributed by atoms with Gasteiger partial charge in [0.1, 0.15) is 5.76 Å². The molecular formula is C19H23ClN2O2. The molecule has 0 spiro atoms. The summed E-state index contributed by atoms with van der Waals surface area (Å²) in [4.78, 5) is 16.7. The van der Waals surface area contributed by atoms with Gasteiger partial charge in [-0.3, -0.25) is 9.69 Å². The maximum Gasteiger partial charge on any atom is 0.222 e. The Balaban J connectivity index is 1.58. The molecular weight excluding hydrogens is 324 g/mol. The smallest absolute Gasteiger partial charge is 0.222 e. The zero-order valence-corrected chi connectivity index (χ0v) is 14.7. The number of hydrogen-bond acceptors (Lipinski definition) is 3. The largest absolute Gasteiger partial charge is 0.468 e. The van der Waals surface area contributed by atoms with Crippen molar-refractivity contribution < 1.29 is 9.21 Å². The van der Waals surface area contributed by atoms with Crippen molar-refractivity contribution in [3.05, 3.63) is 59.0 Å². The van der Waals surface area contributed by atoms with Crippen LogP contribution in [-0.2, 0) is 17.9 Å². The zero-order valence-electron chi connectivity index (χ0n) is 14.0. The van der Waals surface area contributed by atoms with Crippen LogP contribution in [0.1, 0.15) is 30.6 Å². The molecule has 24 heavy (non-hydrogen) atoms. The van der Waals surface area contributed by atoms with Crippen molar-refractivity contribution in [3.8, 4) is 0 Å². The minimum atomic E-state index is 0.235. The summed E-state index contributed by atoms with van der Waals surface area (Å²) in [6.45, 7) is 2.22. The SMILES string of the molecule is CN(Cc1ccco1)C1CCC(=O)N(Cc2ccc(Cl)cc2)CC1. The number of carbonyl (C=O) groups excluding carboxylic acids is 1. The highest BCUT2D eigenvalue weighted by atomic mass is 35.5. The molecule has 1 aromatic carbocycles. The second-order valence-corrected chi connectivity index (χ2v) is 6.85. The van der Waals surface area contributed by atoms with Gasteiger partial charge in [-0.2, -0.15) is 0 Å². The summed E-state index contributed by atoms with van der Waals surface area (Å²) in [7, 11) is 2.10. The molecule has 1 unspecified atom stereocenters. The van der Waals surface area contributed by atoms with E-state index >= 15 is 0 Å². The molecule has 1 atom stereocenters. The molecule has 3 rings (SSSR count). The average Bonchev–Trinajstić information content (AvgIpc) is 3.01. The Labute approximate surface area is 148 Å². The Bertz CT molecular complexity index is 655. The van der Waals surface area contributed by atoms with Crippen molar-refractivity contribution in [2.24, 2.45) is 0 Å². The lowest BCUT2D eigenvalue weighted by Crippen LogP contribution is -2.33. The molecule has 1 aromatic heterocycles. The minimum Gasteiger partial charge on any atom is -0.468 e. The Hall–Kier alpha value is -1.78. The molecule has 2 heterocycles. The number of nitrogens with zero attached hydrogens (tertiary/aromatic N) is 2. The van der Waals surface area contributed by atoms with Crippen LogP contribution in [0.25, 0.3) is 0 Å². The van der Waals surface area contributed by atoms with E-state index in [1.54, 1.807) is 6.26 Å². The summed E-state index contributed by atoms with van der Waals surface area (Å²) < 4.78 is 5.43. The second-order valence-electron chi connectivity index (χ2n) is 6.42. The van der Waals surface area contributed by atoms with Crippen LogP contribution in [0.15, 0.2) is 47.1 Å². The summed E-state index contributed by atoms with van der Waals surface area (Å²) in [6, 6.07) is 12.0. The highest BCUT2D eigenvalue weighted by Gasteiger charge is 2.25. The first kappa shape index (κ1) is 17.1. The number of hydrogen-bond donors (Lipinski definition) is 0. The van der Waals surface area contributed by atoms with Crippen LogP contribution in [0.5, 0.6) is 0 Å². The first-order valence-corrected chi connectivity index (χ1v) is 8.74.